The van der Waals surface area contributed by atoms with Crippen LogP contribution < -0.4 is 33.5 Å². The third-order valence-electron chi connectivity index (χ3n) is 0. The summed E-state index contributed by atoms with van der Waals surface area (Å²) in [6, 6.07) is 0. The van der Waals surface area contributed by atoms with Crippen molar-refractivity contribution in [2.45, 2.75) is 0 Å². The predicted molar refractivity (Wildman–Crippen MR) is 13.4 cm³/mol. The molecule has 40 valence electrons. The second-order valence-corrected chi connectivity index (χ2v) is 1.34. The summed E-state index contributed by atoms with van der Waals surface area (Å²) in [4.78, 5) is 25.6. The average Bonchev–Trinajstić information content (AvgIpc) is 0.722. The fourth-order valence-corrected chi connectivity index (χ4v) is 0. The minimum Gasteiger partial charge on any atom is -0.822 e. The molecule has 0 amide bonds. The van der Waals surface area contributed by atoms with Crippen LogP contribution in [-0.4, -0.2) is 37.7 Å². The Bertz CT molecular complexity index is 62.2. The van der Waals surface area contributed by atoms with E-state index >= 15 is 0 Å². The van der Waals surface area contributed by atoms with Gasteiger partial charge < -0.3 is 19.2 Å². The van der Waals surface area contributed by atoms with Crippen LogP contribution in [0.25, 0.3) is 0 Å². The molecule has 4 nitrogen and oxygen atoms in total. The van der Waals surface area contributed by atoms with Crippen molar-refractivity contribution < 1.29 is 55.2 Å². The van der Waals surface area contributed by atoms with Crippen LogP contribution in [0.15, 0.2) is 0 Å². The zero-order chi connectivity index (χ0) is 4.50. The second kappa shape index (κ2) is 9.49. The van der Waals surface area contributed by atoms with Crippen molar-refractivity contribution in [1.29, 1.82) is 0 Å². The standard InChI is InChI=1S/Ca.Fe.Li.H3O4P/c;;;1-5(2,3)4/h;;;(H3,1,2,3,4)/q+2;;+1;/p-3. The minimum atomic E-state index is -5.39. The number of hydrogen-bond acceptors (Lipinski definition) is 4. The van der Waals surface area contributed by atoms with Gasteiger partial charge in [0.2, 0.25) is 0 Å². The van der Waals surface area contributed by atoms with E-state index in [1.54, 1.807) is 0 Å². The van der Waals surface area contributed by atoms with Crippen molar-refractivity contribution in [2.24, 2.45) is 0 Å². The SMILES string of the molecule is O=P([O-])([O-])[O-].[Ca+2].[Fe].[Li+]. The molecule has 0 radical (unpaired) electrons. The van der Waals surface area contributed by atoms with Crippen LogP contribution >= 0.6 is 7.82 Å². The van der Waals surface area contributed by atoms with Gasteiger partial charge in [0.05, 0.1) is 0 Å². The maximum atomic E-state index is 8.55. The summed E-state index contributed by atoms with van der Waals surface area (Å²) in [5, 5.41) is 0. The molecule has 0 aliphatic carbocycles. The van der Waals surface area contributed by atoms with E-state index in [0.717, 1.165) is 0 Å². The van der Waals surface area contributed by atoms with Gasteiger partial charge in [-0.15, -0.1) is 0 Å². The van der Waals surface area contributed by atoms with E-state index in [-0.39, 0.29) is 73.7 Å². The van der Waals surface area contributed by atoms with Gasteiger partial charge in [-0.1, -0.05) is 0 Å². The smallest absolute Gasteiger partial charge is 0.822 e. The Morgan fingerprint density at radius 3 is 1.12 bits per heavy atom. The summed E-state index contributed by atoms with van der Waals surface area (Å²) in [7, 11) is -5.39. The van der Waals surface area contributed by atoms with Crippen LogP contribution in [0.4, 0.5) is 0 Å². The Morgan fingerprint density at radius 2 is 1.12 bits per heavy atom. The summed E-state index contributed by atoms with van der Waals surface area (Å²) in [5.41, 5.74) is 0. The maximum absolute atomic E-state index is 8.55. The Hall–Kier alpha value is 2.49. The van der Waals surface area contributed by atoms with Crippen LogP contribution in [0.5, 0.6) is 0 Å². The average molecular weight is 198 g/mol. The van der Waals surface area contributed by atoms with Gasteiger partial charge in [-0.25, -0.2) is 0 Å². The molecule has 0 aromatic rings. The Labute approximate surface area is 99.3 Å². The van der Waals surface area contributed by atoms with Gasteiger partial charge in [0.25, 0.3) is 0 Å². The van der Waals surface area contributed by atoms with E-state index in [9.17, 15) is 0 Å². The van der Waals surface area contributed by atoms with Gasteiger partial charge in [0, 0.05) is 17.1 Å². The fraction of sp³-hybridized carbons (Fsp3) is 0. The van der Waals surface area contributed by atoms with E-state index < -0.39 is 7.82 Å². The van der Waals surface area contributed by atoms with Crippen LogP contribution in [0.3, 0.4) is 0 Å². The van der Waals surface area contributed by atoms with Crippen molar-refractivity contribution in [3.05, 3.63) is 0 Å². The molecule has 0 rings (SSSR count). The van der Waals surface area contributed by atoms with E-state index in [0.29, 0.717) is 0 Å². The normalized spacial score (nSPS) is 7.38. The number of hydrogen-bond donors (Lipinski definition) is 0. The minimum absolute atomic E-state index is 0. The van der Waals surface area contributed by atoms with Crippen LogP contribution in [0, 0.1) is 0 Å². The maximum Gasteiger partial charge on any atom is 2.00 e. The first kappa shape index (κ1) is 22.4. The topological polar surface area (TPSA) is 86.2 Å². The molecule has 0 aliphatic heterocycles. The molecule has 0 saturated heterocycles. The number of phosphoric acid groups is 1. The molecule has 0 spiro atoms. The molecule has 0 heterocycles. The third kappa shape index (κ3) is 76.9. The van der Waals surface area contributed by atoms with E-state index in [2.05, 4.69) is 0 Å². The van der Waals surface area contributed by atoms with E-state index in [4.69, 9.17) is 19.2 Å². The summed E-state index contributed by atoms with van der Waals surface area (Å²) >= 11 is 0. The Kier molecular flexibility index (Phi) is 26.6. The number of rotatable bonds is 0. The summed E-state index contributed by atoms with van der Waals surface area (Å²) in [6.07, 6.45) is 0. The quantitative estimate of drug-likeness (QED) is 0.286. The summed E-state index contributed by atoms with van der Waals surface area (Å²) in [5.74, 6) is 0. The van der Waals surface area contributed by atoms with Crippen molar-refractivity contribution in [2.75, 3.05) is 0 Å². The van der Waals surface area contributed by atoms with Crippen LogP contribution in [-0.2, 0) is 21.6 Å². The van der Waals surface area contributed by atoms with Gasteiger partial charge in [0.15, 0.2) is 0 Å². The first-order valence-electron chi connectivity index (χ1n) is 0.730. The molecule has 8 heteroatoms. The zero-order valence-electron chi connectivity index (χ0n) is 4.14. The van der Waals surface area contributed by atoms with E-state index in [1.807, 2.05) is 0 Å². The molecule has 0 unspecified atom stereocenters. The Balaban J connectivity index is -0.0000000267. The van der Waals surface area contributed by atoms with Crippen molar-refractivity contribution in [3.63, 3.8) is 0 Å². The molecule has 0 N–H and O–H groups in total. The molecule has 0 fully saturated rings. The molecule has 0 atom stereocenters. The van der Waals surface area contributed by atoms with Gasteiger partial charge in [-0.2, -0.15) is 7.82 Å². The zero-order valence-corrected chi connectivity index (χ0v) is 8.35. The van der Waals surface area contributed by atoms with Gasteiger partial charge in [0.1, 0.15) is 0 Å². The molecule has 0 bridgehead atoms. The predicted octanol–water partition coefficient (Wildman–Crippen LogP) is -6.20. The molecule has 0 aromatic carbocycles. The molecule has 0 aromatic heterocycles. The van der Waals surface area contributed by atoms with Gasteiger partial charge in [-0.05, 0) is 0 Å². The van der Waals surface area contributed by atoms with Crippen LogP contribution in [0.1, 0.15) is 0 Å². The van der Waals surface area contributed by atoms with Crippen molar-refractivity contribution >= 4 is 45.6 Å². The largest absolute Gasteiger partial charge is 2.00 e. The van der Waals surface area contributed by atoms with Crippen molar-refractivity contribution in [3.8, 4) is 0 Å². The first-order valence-corrected chi connectivity index (χ1v) is 2.19. The molecule has 8 heavy (non-hydrogen) atoms. The Morgan fingerprint density at radius 1 is 1.12 bits per heavy atom. The molecule has 0 saturated carbocycles. The molecule has 0 aliphatic rings. The summed E-state index contributed by atoms with van der Waals surface area (Å²) < 4.78 is 8.55. The van der Waals surface area contributed by atoms with Crippen LogP contribution in [0.2, 0.25) is 0 Å². The van der Waals surface area contributed by atoms with Gasteiger partial charge in [-0.3, -0.25) is 0 Å². The summed E-state index contributed by atoms with van der Waals surface area (Å²) in [6.45, 7) is 0. The second-order valence-electron chi connectivity index (χ2n) is 0.447. The molecular weight excluding hydrogens is 198 g/mol. The van der Waals surface area contributed by atoms with Crippen molar-refractivity contribution in [1.82, 2.24) is 0 Å². The molecular formula is CaFeLiO4P. The third-order valence-corrected chi connectivity index (χ3v) is 0. The first-order chi connectivity index (χ1) is 2.00. The monoisotopic (exact) mass is 198 g/mol. The fourth-order valence-electron chi connectivity index (χ4n) is 0. The van der Waals surface area contributed by atoms with E-state index in [1.165, 1.54) is 0 Å². The van der Waals surface area contributed by atoms with Gasteiger partial charge >= 0.3 is 56.6 Å².